The Hall–Kier alpha value is -0.450. The van der Waals surface area contributed by atoms with Crippen LogP contribution in [-0.4, -0.2) is 35.2 Å². The predicted molar refractivity (Wildman–Crippen MR) is 69.5 cm³/mol. The number of nitrogens with zero attached hydrogens (tertiary/aromatic N) is 1. The molecule has 1 aliphatic heterocycles. The molecule has 0 spiro atoms. The molecule has 2 rings (SSSR count). The van der Waals surface area contributed by atoms with Crippen LogP contribution in [0.3, 0.4) is 0 Å². The fourth-order valence-corrected chi connectivity index (χ4v) is 2.94. The van der Waals surface area contributed by atoms with Gasteiger partial charge in [0.2, 0.25) is 0 Å². The molecule has 1 aliphatic rings. The van der Waals surface area contributed by atoms with Crippen LogP contribution in [0, 0.1) is 5.82 Å². The van der Waals surface area contributed by atoms with Gasteiger partial charge in [0, 0.05) is 23.5 Å². The summed E-state index contributed by atoms with van der Waals surface area (Å²) in [5.41, 5.74) is 0.0831. The first-order valence-electron chi connectivity index (χ1n) is 5.76. The van der Waals surface area contributed by atoms with Crippen molar-refractivity contribution >= 4 is 15.9 Å². The van der Waals surface area contributed by atoms with Crippen molar-refractivity contribution in [2.75, 3.05) is 13.6 Å². The van der Waals surface area contributed by atoms with E-state index in [2.05, 4.69) is 27.8 Å². The molecule has 0 amide bonds. The van der Waals surface area contributed by atoms with Crippen molar-refractivity contribution < 1.29 is 9.50 Å². The van der Waals surface area contributed by atoms with E-state index in [1.165, 1.54) is 12.1 Å². The second kappa shape index (κ2) is 4.67. The molecule has 17 heavy (non-hydrogen) atoms. The number of β-amino-alcohol motifs (C(OH)–C–C–N with tert-alkyl or cyclic N) is 1. The molecular formula is C13H17BrFNO. The van der Waals surface area contributed by atoms with Crippen LogP contribution < -0.4 is 0 Å². The van der Waals surface area contributed by atoms with Gasteiger partial charge in [-0.15, -0.1) is 0 Å². The van der Waals surface area contributed by atoms with Gasteiger partial charge in [0.15, 0.2) is 0 Å². The molecule has 0 aliphatic carbocycles. The van der Waals surface area contributed by atoms with Crippen molar-refractivity contribution in [1.82, 2.24) is 4.90 Å². The van der Waals surface area contributed by atoms with Crippen molar-refractivity contribution in [3.8, 4) is 0 Å². The normalized spacial score (nSPS) is 29.8. The molecule has 2 nitrogen and oxygen atoms in total. The Labute approximate surface area is 110 Å². The van der Waals surface area contributed by atoms with Gasteiger partial charge in [0.1, 0.15) is 5.82 Å². The van der Waals surface area contributed by atoms with E-state index in [-0.39, 0.29) is 5.82 Å². The topological polar surface area (TPSA) is 23.5 Å². The summed E-state index contributed by atoms with van der Waals surface area (Å²) in [6.45, 7) is 2.73. The Kier molecular flexibility index (Phi) is 3.57. The van der Waals surface area contributed by atoms with Gasteiger partial charge in [-0.1, -0.05) is 15.9 Å². The van der Waals surface area contributed by atoms with Crippen LogP contribution in [0.4, 0.5) is 4.39 Å². The van der Waals surface area contributed by atoms with Gasteiger partial charge < -0.3 is 10.0 Å². The Morgan fingerprint density at radius 3 is 2.88 bits per heavy atom. The van der Waals surface area contributed by atoms with Crippen LogP contribution in [0.1, 0.15) is 18.9 Å². The SMILES string of the molecule is CC1CC(O)(Cc2cc(F)ccc2Br)CN1C. The van der Waals surface area contributed by atoms with E-state index in [1.807, 2.05) is 7.05 Å². The summed E-state index contributed by atoms with van der Waals surface area (Å²) in [4.78, 5) is 2.13. The predicted octanol–water partition coefficient (Wildman–Crippen LogP) is 2.59. The van der Waals surface area contributed by atoms with Crippen molar-refractivity contribution in [1.29, 1.82) is 0 Å². The van der Waals surface area contributed by atoms with Crippen LogP contribution in [0.5, 0.6) is 0 Å². The molecule has 1 N–H and O–H groups in total. The quantitative estimate of drug-likeness (QED) is 0.907. The molecule has 1 heterocycles. The molecule has 94 valence electrons. The van der Waals surface area contributed by atoms with E-state index in [4.69, 9.17) is 0 Å². The first-order valence-corrected chi connectivity index (χ1v) is 6.55. The van der Waals surface area contributed by atoms with E-state index < -0.39 is 5.60 Å². The average Bonchev–Trinajstić information content (AvgIpc) is 2.47. The molecule has 0 bridgehead atoms. The molecule has 1 aromatic carbocycles. The standard InChI is InChI=1S/C13H17BrFNO/c1-9-6-13(17,8-16(9)2)7-10-5-11(15)3-4-12(10)14/h3-5,9,17H,6-8H2,1-2H3. The molecule has 4 heteroatoms. The second-order valence-corrected chi connectivity index (χ2v) is 5.96. The third-order valence-corrected chi connectivity index (χ3v) is 4.27. The lowest BCUT2D eigenvalue weighted by Crippen LogP contribution is -2.34. The fraction of sp³-hybridized carbons (Fsp3) is 0.538. The van der Waals surface area contributed by atoms with Crippen LogP contribution in [0.15, 0.2) is 22.7 Å². The van der Waals surface area contributed by atoms with E-state index in [0.717, 1.165) is 16.5 Å². The van der Waals surface area contributed by atoms with Crippen molar-refractivity contribution in [2.24, 2.45) is 0 Å². The summed E-state index contributed by atoms with van der Waals surface area (Å²) in [5, 5.41) is 10.5. The molecular weight excluding hydrogens is 285 g/mol. The minimum atomic E-state index is -0.746. The zero-order valence-electron chi connectivity index (χ0n) is 10.1. The first kappa shape index (κ1) is 13.0. The molecule has 0 saturated carbocycles. The summed E-state index contributed by atoms with van der Waals surface area (Å²) in [5.74, 6) is -0.258. The molecule has 2 unspecified atom stereocenters. The van der Waals surface area contributed by atoms with Gasteiger partial charge in [-0.05, 0) is 44.2 Å². The summed E-state index contributed by atoms with van der Waals surface area (Å²) in [7, 11) is 2.00. The van der Waals surface area contributed by atoms with Gasteiger partial charge >= 0.3 is 0 Å². The maximum Gasteiger partial charge on any atom is 0.123 e. The van der Waals surface area contributed by atoms with E-state index in [9.17, 15) is 9.50 Å². The Morgan fingerprint density at radius 1 is 1.59 bits per heavy atom. The van der Waals surface area contributed by atoms with Crippen molar-refractivity contribution in [2.45, 2.75) is 31.4 Å². The number of likely N-dealkylation sites (N-methyl/N-ethyl adjacent to an activating group) is 1. The van der Waals surface area contributed by atoms with Crippen molar-refractivity contribution in [3.05, 3.63) is 34.1 Å². The minimum absolute atomic E-state index is 0.258. The van der Waals surface area contributed by atoms with Gasteiger partial charge in [0.25, 0.3) is 0 Å². The van der Waals surface area contributed by atoms with Gasteiger partial charge in [-0.25, -0.2) is 4.39 Å². The lowest BCUT2D eigenvalue weighted by Gasteiger charge is -2.23. The van der Waals surface area contributed by atoms with E-state index in [1.54, 1.807) is 6.07 Å². The molecule has 1 aromatic rings. The van der Waals surface area contributed by atoms with Gasteiger partial charge in [-0.3, -0.25) is 0 Å². The number of likely N-dealkylation sites (tertiary alicyclic amines) is 1. The fourth-order valence-electron chi connectivity index (χ4n) is 2.55. The maximum atomic E-state index is 13.2. The number of hydrogen-bond donors (Lipinski definition) is 1. The third kappa shape index (κ3) is 2.87. The second-order valence-electron chi connectivity index (χ2n) is 5.11. The Balaban J connectivity index is 2.18. The summed E-state index contributed by atoms with van der Waals surface area (Å²) in [6.07, 6.45) is 1.21. The average molecular weight is 302 g/mol. The first-order chi connectivity index (χ1) is 7.89. The number of rotatable bonds is 2. The van der Waals surface area contributed by atoms with Crippen molar-refractivity contribution in [3.63, 3.8) is 0 Å². The van der Waals surface area contributed by atoms with Gasteiger partial charge in [-0.2, -0.15) is 0 Å². The van der Waals surface area contributed by atoms with Crippen LogP contribution >= 0.6 is 15.9 Å². The molecule has 1 fully saturated rings. The summed E-state index contributed by atoms with van der Waals surface area (Å²) < 4.78 is 14.0. The molecule has 2 atom stereocenters. The molecule has 1 saturated heterocycles. The highest BCUT2D eigenvalue weighted by Crippen LogP contribution is 2.31. The highest BCUT2D eigenvalue weighted by molar-refractivity contribution is 9.10. The smallest absolute Gasteiger partial charge is 0.123 e. The zero-order valence-corrected chi connectivity index (χ0v) is 11.7. The number of aliphatic hydroxyl groups is 1. The zero-order chi connectivity index (χ0) is 12.6. The number of halogens is 2. The lowest BCUT2D eigenvalue weighted by molar-refractivity contribution is 0.0518. The summed E-state index contributed by atoms with van der Waals surface area (Å²) >= 11 is 3.40. The van der Waals surface area contributed by atoms with Crippen LogP contribution in [-0.2, 0) is 6.42 Å². The number of hydrogen-bond acceptors (Lipinski definition) is 2. The van der Waals surface area contributed by atoms with Crippen LogP contribution in [0.2, 0.25) is 0 Å². The molecule has 0 aromatic heterocycles. The lowest BCUT2D eigenvalue weighted by atomic mass is 9.92. The monoisotopic (exact) mass is 301 g/mol. The minimum Gasteiger partial charge on any atom is -0.388 e. The highest BCUT2D eigenvalue weighted by atomic mass is 79.9. The Bertz CT molecular complexity index is 414. The van der Waals surface area contributed by atoms with E-state index >= 15 is 0 Å². The van der Waals surface area contributed by atoms with E-state index in [0.29, 0.717) is 19.0 Å². The maximum absolute atomic E-state index is 13.2. The third-order valence-electron chi connectivity index (χ3n) is 3.50. The Morgan fingerprint density at radius 2 is 2.29 bits per heavy atom. The highest BCUT2D eigenvalue weighted by Gasteiger charge is 2.39. The summed E-state index contributed by atoms with van der Waals surface area (Å²) in [6, 6.07) is 4.97. The molecule has 0 radical (unpaired) electrons. The number of benzene rings is 1. The van der Waals surface area contributed by atoms with Gasteiger partial charge in [0.05, 0.1) is 5.60 Å². The van der Waals surface area contributed by atoms with Crippen LogP contribution in [0.25, 0.3) is 0 Å². The largest absolute Gasteiger partial charge is 0.388 e.